The first-order chi connectivity index (χ1) is 12.4. The van der Waals surface area contributed by atoms with E-state index in [1.54, 1.807) is 6.92 Å². The van der Waals surface area contributed by atoms with Crippen LogP contribution in [0.2, 0.25) is 0 Å². The van der Waals surface area contributed by atoms with E-state index in [2.05, 4.69) is 4.74 Å². The highest BCUT2D eigenvalue weighted by atomic mass is 19.4. The monoisotopic (exact) mass is 432 g/mol. The topological polar surface area (TPSA) is 26.3 Å². The zero-order valence-electron chi connectivity index (χ0n) is 14.7. The molecule has 2 rings (SSSR count). The minimum absolute atomic E-state index is 0.00241. The number of halogens is 10. The van der Waals surface area contributed by atoms with Gasteiger partial charge in [0.1, 0.15) is 6.42 Å². The summed E-state index contributed by atoms with van der Waals surface area (Å²) in [5.41, 5.74) is -3.13. The van der Waals surface area contributed by atoms with Gasteiger partial charge >= 0.3 is 30.2 Å². The molecule has 0 amide bonds. The number of ether oxygens (including phenoxy) is 1. The maximum Gasteiger partial charge on any atom is 0.405 e. The van der Waals surface area contributed by atoms with E-state index in [0.29, 0.717) is 0 Å². The van der Waals surface area contributed by atoms with Crippen LogP contribution in [-0.2, 0) is 9.53 Å². The van der Waals surface area contributed by atoms with Crippen LogP contribution in [-0.4, -0.2) is 36.8 Å². The van der Waals surface area contributed by atoms with E-state index < -0.39 is 72.8 Å². The van der Waals surface area contributed by atoms with Crippen LogP contribution in [0.5, 0.6) is 0 Å². The summed E-state index contributed by atoms with van der Waals surface area (Å²) in [5, 5.41) is 0. The average molecular weight is 432 g/mol. The minimum atomic E-state index is -5.65. The molecule has 0 saturated heterocycles. The second kappa shape index (κ2) is 6.65. The smallest absolute Gasteiger partial charge is 0.405 e. The molecule has 12 heteroatoms. The van der Waals surface area contributed by atoms with Crippen LogP contribution < -0.4 is 0 Å². The third-order valence-electron chi connectivity index (χ3n) is 6.19. The first-order valence-corrected chi connectivity index (χ1v) is 8.42. The zero-order valence-corrected chi connectivity index (χ0v) is 14.7. The fraction of sp³-hybridized carbons (Fsp3) is 0.938. The standard InChI is InChI=1S/C16H18F10O2/c1-7-8(2)10-3-9(7)4-12(10,16(24,25)26)11(27)28-6-14(19,20)13(17,18)5-15(21,22)23/h7-10H,3-6H2,1-2H3. The second-order valence-electron chi connectivity index (χ2n) is 7.77. The fourth-order valence-electron chi connectivity index (χ4n) is 4.48. The van der Waals surface area contributed by atoms with Gasteiger partial charge in [0.15, 0.2) is 12.0 Å². The van der Waals surface area contributed by atoms with Crippen LogP contribution in [0.25, 0.3) is 0 Å². The van der Waals surface area contributed by atoms with Crippen LogP contribution in [0, 0.1) is 29.1 Å². The SMILES string of the molecule is CC1C2CC(C1C)C(C(=O)OCC(F)(F)C(F)(F)CC(F)(F)F)(C(F)(F)F)C2. The minimum Gasteiger partial charge on any atom is -0.458 e. The van der Waals surface area contributed by atoms with Crippen LogP contribution in [0.3, 0.4) is 0 Å². The molecule has 0 spiro atoms. The van der Waals surface area contributed by atoms with Crippen molar-refractivity contribution in [2.75, 3.05) is 6.61 Å². The van der Waals surface area contributed by atoms with Crippen LogP contribution in [0.4, 0.5) is 43.9 Å². The zero-order chi connectivity index (χ0) is 21.9. The van der Waals surface area contributed by atoms with E-state index >= 15 is 0 Å². The van der Waals surface area contributed by atoms with Gasteiger partial charge in [0.2, 0.25) is 0 Å². The Kier molecular flexibility index (Phi) is 5.47. The molecular formula is C16H18F10O2. The highest BCUT2D eigenvalue weighted by molar-refractivity contribution is 5.79. The van der Waals surface area contributed by atoms with E-state index in [4.69, 9.17) is 0 Å². The summed E-state index contributed by atoms with van der Waals surface area (Å²) in [6.07, 6.45) is -14.8. The van der Waals surface area contributed by atoms with Gasteiger partial charge in [0, 0.05) is 0 Å². The molecule has 5 atom stereocenters. The second-order valence-corrected chi connectivity index (χ2v) is 7.77. The van der Waals surface area contributed by atoms with Crippen molar-refractivity contribution < 1.29 is 53.4 Å². The number of alkyl halides is 10. The highest BCUT2D eigenvalue weighted by Gasteiger charge is 2.74. The van der Waals surface area contributed by atoms with Gasteiger partial charge in [-0.2, -0.15) is 43.9 Å². The summed E-state index contributed by atoms with van der Waals surface area (Å²) in [6, 6.07) is 0. The molecular weight excluding hydrogens is 414 g/mol. The number of hydrogen-bond acceptors (Lipinski definition) is 2. The number of esters is 1. The van der Waals surface area contributed by atoms with Crippen LogP contribution in [0.1, 0.15) is 33.1 Å². The Hall–Kier alpha value is -1.23. The van der Waals surface area contributed by atoms with E-state index in [1.807, 2.05) is 0 Å². The Morgan fingerprint density at radius 2 is 1.46 bits per heavy atom. The molecule has 2 nitrogen and oxygen atoms in total. The molecule has 2 saturated carbocycles. The number of carbonyl (C=O) groups is 1. The summed E-state index contributed by atoms with van der Waals surface area (Å²) >= 11 is 0. The summed E-state index contributed by atoms with van der Waals surface area (Å²) in [4.78, 5) is 12.2. The number of carbonyl (C=O) groups excluding carboxylic acids is 1. The van der Waals surface area contributed by atoms with Gasteiger partial charge in [-0.1, -0.05) is 13.8 Å². The molecule has 0 N–H and O–H groups in total. The quantitative estimate of drug-likeness (QED) is 0.417. The number of fused-ring (bicyclic) bond motifs is 2. The molecule has 2 aliphatic carbocycles. The van der Waals surface area contributed by atoms with Crippen molar-refractivity contribution >= 4 is 5.97 Å². The molecule has 2 fully saturated rings. The van der Waals surface area contributed by atoms with Gasteiger partial charge in [-0.15, -0.1) is 0 Å². The lowest BCUT2D eigenvalue weighted by molar-refractivity contribution is -0.283. The van der Waals surface area contributed by atoms with E-state index in [-0.39, 0.29) is 12.3 Å². The lowest BCUT2D eigenvalue weighted by Crippen LogP contribution is -2.54. The Labute approximate surface area is 153 Å². The van der Waals surface area contributed by atoms with E-state index in [0.717, 1.165) is 0 Å². The first-order valence-electron chi connectivity index (χ1n) is 8.42. The summed E-state index contributed by atoms with van der Waals surface area (Å²) in [5.74, 6) is -15.8. The van der Waals surface area contributed by atoms with Gasteiger partial charge in [0.25, 0.3) is 0 Å². The maximum absolute atomic E-state index is 13.7. The molecule has 0 aromatic carbocycles. The lowest BCUT2D eigenvalue weighted by atomic mass is 9.65. The highest BCUT2D eigenvalue weighted by Crippen LogP contribution is 2.66. The number of hydrogen-bond donors (Lipinski definition) is 0. The van der Waals surface area contributed by atoms with Gasteiger partial charge in [-0.25, -0.2) is 0 Å². The van der Waals surface area contributed by atoms with E-state index in [9.17, 15) is 48.7 Å². The average Bonchev–Trinajstić information content (AvgIpc) is 3.00. The normalized spacial score (nSPS) is 34.0. The molecule has 5 unspecified atom stereocenters. The van der Waals surface area contributed by atoms with Gasteiger partial charge in [0.05, 0.1) is 0 Å². The Balaban J connectivity index is 2.21. The largest absolute Gasteiger partial charge is 0.458 e. The fourth-order valence-corrected chi connectivity index (χ4v) is 4.48. The van der Waals surface area contributed by atoms with Crippen LogP contribution in [0.15, 0.2) is 0 Å². The third-order valence-corrected chi connectivity index (χ3v) is 6.19. The Morgan fingerprint density at radius 3 is 1.86 bits per heavy atom. The van der Waals surface area contributed by atoms with Crippen molar-refractivity contribution in [3.8, 4) is 0 Å². The van der Waals surface area contributed by atoms with E-state index in [1.165, 1.54) is 6.92 Å². The van der Waals surface area contributed by atoms with Crippen molar-refractivity contribution in [3.05, 3.63) is 0 Å². The van der Waals surface area contributed by atoms with Crippen molar-refractivity contribution in [3.63, 3.8) is 0 Å². The first kappa shape index (κ1) is 23.1. The predicted octanol–water partition coefficient (Wildman–Crippen LogP) is 5.61. The maximum atomic E-state index is 13.7. The van der Waals surface area contributed by atoms with Crippen molar-refractivity contribution in [2.45, 2.75) is 57.3 Å². The molecule has 164 valence electrons. The summed E-state index contributed by atoms with van der Waals surface area (Å²) in [6.45, 7) is 0.579. The summed E-state index contributed by atoms with van der Waals surface area (Å²) < 4.78 is 135. The van der Waals surface area contributed by atoms with Crippen molar-refractivity contribution in [1.82, 2.24) is 0 Å². The molecule has 0 heterocycles. The summed E-state index contributed by atoms with van der Waals surface area (Å²) in [7, 11) is 0. The van der Waals surface area contributed by atoms with Crippen LogP contribution >= 0.6 is 0 Å². The van der Waals surface area contributed by atoms with Gasteiger partial charge < -0.3 is 4.74 Å². The molecule has 0 aliphatic heterocycles. The Morgan fingerprint density at radius 1 is 0.929 bits per heavy atom. The number of rotatable bonds is 5. The third kappa shape index (κ3) is 3.67. The van der Waals surface area contributed by atoms with Gasteiger partial charge in [-0.3, -0.25) is 4.79 Å². The predicted molar refractivity (Wildman–Crippen MR) is 74.6 cm³/mol. The molecule has 0 aromatic heterocycles. The molecule has 28 heavy (non-hydrogen) atoms. The van der Waals surface area contributed by atoms with Gasteiger partial charge in [-0.05, 0) is 36.5 Å². The Bertz CT molecular complexity index is 610. The molecule has 0 radical (unpaired) electrons. The van der Waals surface area contributed by atoms with Crippen molar-refractivity contribution in [1.29, 1.82) is 0 Å². The molecule has 2 bridgehead atoms. The lowest BCUT2D eigenvalue weighted by Gasteiger charge is -2.42. The molecule has 0 aromatic rings. The molecule has 2 aliphatic rings. The van der Waals surface area contributed by atoms with Crippen molar-refractivity contribution in [2.24, 2.45) is 29.1 Å².